The second-order valence-electron chi connectivity index (χ2n) is 4.47. The molecule has 0 amide bonds. The van der Waals surface area contributed by atoms with E-state index in [-0.39, 0.29) is 53.2 Å². The molecule has 3 aromatic carbocycles. The van der Waals surface area contributed by atoms with Crippen LogP contribution in [-0.2, 0) is 19.5 Å². The Hall–Kier alpha value is -0.902. The summed E-state index contributed by atoms with van der Waals surface area (Å²) in [6.07, 6.45) is 0. The van der Waals surface area contributed by atoms with E-state index in [1.165, 1.54) is 15.6 Å². The molecule has 0 spiro atoms. The molecule has 0 fully saturated rings. The van der Waals surface area contributed by atoms with E-state index in [1.54, 1.807) is 0 Å². The van der Waals surface area contributed by atoms with Crippen molar-refractivity contribution in [1.29, 1.82) is 0 Å². The molecule has 0 aliphatic rings. The minimum absolute atomic E-state index is 0. The Morgan fingerprint density at radius 3 is 0.870 bits per heavy atom. The van der Waals surface area contributed by atoms with Gasteiger partial charge in [0.05, 0.1) is 0 Å². The second kappa shape index (κ2) is 12.5. The maximum Gasteiger partial charge on any atom is 1.00 e. The van der Waals surface area contributed by atoms with E-state index < -0.39 is 8.80 Å². The van der Waals surface area contributed by atoms with Crippen LogP contribution in [0.3, 0.4) is 0 Å². The van der Waals surface area contributed by atoms with E-state index in [0.29, 0.717) is 0 Å². The molecule has 3 heteroatoms. The smallest absolute Gasteiger partial charge is 0.358 e. The van der Waals surface area contributed by atoms with E-state index >= 15 is 0 Å². The molecule has 3 aromatic rings. The Morgan fingerprint density at radius 2 is 0.652 bits per heavy atom. The van der Waals surface area contributed by atoms with Crippen LogP contribution in [0.1, 0.15) is 0 Å². The van der Waals surface area contributed by atoms with E-state index in [2.05, 4.69) is 91.0 Å². The van der Waals surface area contributed by atoms with Crippen molar-refractivity contribution in [2.45, 2.75) is 0 Å². The van der Waals surface area contributed by atoms with Crippen LogP contribution in [0, 0.1) is 14.9 Å². The van der Waals surface area contributed by atoms with Gasteiger partial charge in [-0.25, -0.2) is 0 Å². The maximum absolute atomic E-state index is 2.24. The van der Waals surface area contributed by atoms with Crippen LogP contribution < -0.4 is 34.4 Å². The summed E-state index contributed by atoms with van der Waals surface area (Å²) in [5, 5.41) is 4.31. The average Bonchev–Trinajstić information content (AvgIpc) is 2.51. The third kappa shape index (κ3) is 6.25. The van der Waals surface area contributed by atoms with Crippen molar-refractivity contribution in [2.24, 2.45) is 0 Å². The predicted molar refractivity (Wildman–Crippen MR) is 96.8 cm³/mol. The minimum atomic E-state index is -0.877. The SMILES string of the molecule is [CH3-].[CH3-].[Li+].[Zn].c1ccc([Si](c2ccccc2)c2ccccc2)cc1. The molecule has 0 saturated carbocycles. The summed E-state index contributed by atoms with van der Waals surface area (Å²) in [6, 6.07) is 32.5. The van der Waals surface area contributed by atoms with Crippen molar-refractivity contribution >= 4 is 24.4 Å². The van der Waals surface area contributed by atoms with Gasteiger partial charge < -0.3 is 14.9 Å². The van der Waals surface area contributed by atoms with Gasteiger partial charge >= 0.3 is 18.9 Å². The van der Waals surface area contributed by atoms with Gasteiger partial charge in [-0.2, -0.15) is 0 Å². The molecule has 0 N–H and O–H groups in total. The average molecular weight is 362 g/mol. The molecule has 0 unspecified atom stereocenters. The van der Waals surface area contributed by atoms with Crippen molar-refractivity contribution in [2.75, 3.05) is 0 Å². The molecular weight excluding hydrogens is 341 g/mol. The largest absolute Gasteiger partial charge is 1.00 e. The summed E-state index contributed by atoms with van der Waals surface area (Å²) in [5.41, 5.74) is 0. The van der Waals surface area contributed by atoms with E-state index in [9.17, 15) is 0 Å². The molecule has 0 nitrogen and oxygen atoms in total. The summed E-state index contributed by atoms with van der Waals surface area (Å²) < 4.78 is 0. The Labute approximate surface area is 167 Å². The van der Waals surface area contributed by atoms with Gasteiger partial charge in [0.25, 0.3) is 0 Å². The first-order chi connectivity index (χ1) is 9.45. The Bertz CT molecular complexity index is 536. The number of hydrogen-bond donors (Lipinski definition) is 0. The third-order valence-electron chi connectivity index (χ3n) is 3.19. The Kier molecular flexibility index (Phi) is 13.2. The molecule has 0 saturated heterocycles. The van der Waals surface area contributed by atoms with Crippen molar-refractivity contribution in [3.05, 3.63) is 106 Å². The van der Waals surface area contributed by atoms with Gasteiger partial charge in [-0.3, -0.25) is 0 Å². The van der Waals surface area contributed by atoms with Crippen molar-refractivity contribution in [3.8, 4) is 0 Å². The number of rotatable bonds is 3. The Morgan fingerprint density at radius 1 is 0.435 bits per heavy atom. The molecule has 0 bridgehead atoms. The van der Waals surface area contributed by atoms with Crippen LogP contribution in [0.15, 0.2) is 91.0 Å². The monoisotopic (exact) mass is 360 g/mol. The van der Waals surface area contributed by atoms with Gasteiger partial charge in [0.2, 0.25) is 0 Å². The molecule has 109 valence electrons. The fourth-order valence-electron chi connectivity index (χ4n) is 2.31. The van der Waals surface area contributed by atoms with Gasteiger partial charge in [-0.1, -0.05) is 107 Å². The molecule has 0 atom stereocenters. The van der Waals surface area contributed by atoms with E-state index in [0.717, 1.165) is 0 Å². The standard InChI is InChI=1S/C18H15Si.2CH3.Li.Zn/c1-4-10-16(11-5-1)19(17-12-6-2-7-13-17)18-14-8-3-9-15-18;;;;/h1-15H;2*1H3;;/q;2*-1;+1;. The summed E-state index contributed by atoms with van der Waals surface area (Å²) in [5.74, 6) is 0. The second-order valence-corrected chi connectivity index (χ2v) is 6.96. The van der Waals surface area contributed by atoms with Crippen LogP contribution in [-0.4, -0.2) is 8.80 Å². The van der Waals surface area contributed by atoms with Crippen LogP contribution in [0.2, 0.25) is 0 Å². The van der Waals surface area contributed by atoms with Gasteiger partial charge in [0.1, 0.15) is 0 Å². The van der Waals surface area contributed by atoms with Gasteiger partial charge in [0.15, 0.2) is 8.80 Å². The molecule has 23 heavy (non-hydrogen) atoms. The van der Waals surface area contributed by atoms with E-state index in [4.69, 9.17) is 0 Å². The summed E-state index contributed by atoms with van der Waals surface area (Å²) in [6.45, 7) is 0. The van der Waals surface area contributed by atoms with E-state index in [1.807, 2.05) is 0 Å². The molecule has 3 rings (SSSR count). The Balaban J connectivity index is 0. The fourth-order valence-corrected chi connectivity index (χ4v) is 4.89. The first-order valence-electron chi connectivity index (χ1n) is 6.48. The van der Waals surface area contributed by atoms with Crippen molar-refractivity contribution in [3.63, 3.8) is 0 Å². The van der Waals surface area contributed by atoms with Crippen LogP contribution in [0.25, 0.3) is 0 Å². The molecule has 0 aliphatic carbocycles. The quantitative estimate of drug-likeness (QED) is 0.353. The third-order valence-corrected chi connectivity index (χ3v) is 5.92. The first-order valence-corrected chi connectivity index (χ1v) is 7.98. The minimum Gasteiger partial charge on any atom is -0.358 e. The predicted octanol–water partition coefficient (Wildman–Crippen LogP) is 0.105. The molecule has 0 aliphatic heterocycles. The summed E-state index contributed by atoms with van der Waals surface area (Å²) >= 11 is 0. The summed E-state index contributed by atoms with van der Waals surface area (Å²) in [7, 11) is -0.877. The van der Waals surface area contributed by atoms with Gasteiger partial charge in [-0.05, 0) is 0 Å². The molecule has 0 heterocycles. The van der Waals surface area contributed by atoms with Crippen LogP contribution in [0.4, 0.5) is 0 Å². The zero-order valence-electron chi connectivity index (χ0n) is 14.4. The molecule has 0 aromatic heterocycles. The van der Waals surface area contributed by atoms with Crippen molar-refractivity contribution < 1.29 is 38.3 Å². The molecular formula is C20H21LiSiZn-. The maximum atomic E-state index is 2.24. The van der Waals surface area contributed by atoms with Crippen LogP contribution in [0.5, 0.6) is 0 Å². The van der Waals surface area contributed by atoms with Crippen molar-refractivity contribution in [1.82, 2.24) is 0 Å². The molecule has 1 radical (unpaired) electrons. The number of benzene rings is 3. The van der Waals surface area contributed by atoms with Gasteiger partial charge in [0, 0.05) is 19.5 Å². The van der Waals surface area contributed by atoms with Crippen LogP contribution >= 0.6 is 0 Å². The summed E-state index contributed by atoms with van der Waals surface area (Å²) in [4.78, 5) is 0. The zero-order valence-corrected chi connectivity index (χ0v) is 18.3. The first kappa shape index (κ1) is 24.4. The fraction of sp³-hybridized carbons (Fsp3) is 0. The normalized spacial score (nSPS) is 8.74. The number of hydrogen-bond acceptors (Lipinski definition) is 0. The van der Waals surface area contributed by atoms with Gasteiger partial charge in [-0.15, -0.1) is 0 Å². The zero-order chi connectivity index (χ0) is 12.9. The topological polar surface area (TPSA) is 0 Å².